The van der Waals surface area contributed by atoms with Gasteiger partial charge in [0.15, 0.2) is 18.3 Å². The molecule has 0 unspecified atom stereocenters. The average molecular weight is 491 g/mol. The molecular formula is C24H26O9S. The second-order valence-electron chi connectivity index (χ2n) is 7.66. The zero-order chi connectivity index (χ0) is 24.8. The normalized spacial score (nSPS) is 24.2. The maximum absolute atomic E-state index is 12.0. The Labute approximate surface area is 201 Å². The number of hydrogen-bond acceptors (Lipinski definition) is 10. The van der Waals surface area contributed by atoms with Crippen molar-refractivity contribution in [3.05, 3.63) is 42.5 Å². The topological polar surface area (TPSA) is 114 Å². The zero-order valence-corrected chi connectivity index (χ0v) is 20.0. The van der Waals surface area contributed by atoms with Gasteiger partial charge in [-0.1, -0.05) is 48.2 Å². The quantitative estimate of drug-likeness (QED) is 0.424. The first-order chi connectivity index (χ1) is 16.2. The van der Waals surface area contributed by atoms with E-state index in [2.05, 4.69) is 0 Å². The van der Waals surface area contributed by atoms with Crippen molar-refractivity contribution in [2.75, 3.05) is 6.61 Å². The van der Waals surface area contributed by atoms with Crippen molar-refractivity contribution in [1.82, 2.24) is 0 Å². The smallest absolute Gasteiger partial charge is 0.303 e. The van der Waals surface area contributed by atoms with E-state index in [1.165, 1.54) is 39.5 Å². The summed E-state index contributed by atoms with van der Waals surface area (Å²) < 4.78 is 27.7. The van der Waals surface area contributed by atoms with Crippen LogP contribution in [0, 0.1) is 0 Å². The zero-order valence-electron chi connectivity index (χ0n) is 19.2. The van der Waals surface area contributed by atoms with Crippen LogP contribution in [0.3, 0.4) is 0 Å². The third kappa shape index (κ3) is 6.48. The highest BCUT2D eigenvalue weighted by Gasteiger charge is 2.52. The van der Waals surface area contributed by atoms with E-state index in [1.54, 1.807) is 0 Å². The molecule has 1 saturated heterocycles. The predicted molar refractivity (Wildman–Crippen MR) is 122 cm³/mol. The number of ether oxygens (including phenoxy) is 5. The Morgan fingerprint density at radius 1 is 0.765 bits per heavy atom. The van der Waals surface area contributed by atoms with Gasteiger partial charge in [0, 0.05) is 32.6 Å². The fourth-order valence-electron chi connectivity index (χ4n) is 3.71. The molecule has 0 spiro atoms. The second kappa shape index (κ2) is 11.3. The number of thioether (sulfide) groups is 1. The Kier molecular flexibility index (Phi) is 8.51. The Bertz CT molecular complexity index is 1060. The van der Waals surface area contributed by atoms with Crippen LogP contribution in [-0.4, -0.2) is 60.3 Å². The van der Waals surface area contributed by atoms with Crippen molar-refractivity contribution >= 4 is 46.4 Å². The minimum Gasteiger partial charge on any atom is -0.463 e. The van der Waals surface area contributed by atoms with Crippen LogP contribution in [0.4, 0.5) is 0 Å². The van der Waals surface area contributed by atoms with Crippen LogP contribution < -0.4 is 0 Å². The van der Waals surface area contributed by atoms with Crippen LogP contribution in [-0.2, 0) is 42.9 Å². The molecule has 5 atom stereocenters. The molecule has 0 bridgehead atoms. The summed E-state index contributed by atoms with van der Waals surface area (Å²) in [5.41, 5.74) is -0.869. The van der Waals surface area contributed by atoms with Crippen LogP contribution in [0.2, 0.25) is 0 Å². The summed E-state index contributed by atoms with van der Waals surface area (Å²) in [7, 11) is 0. The lowest BCUT2D eigenvalue weighted by Gasteiger charge is -2.44. The highest BCUT2D eigenvalue weighted by molar-refractivity contribution is 8.00. The number of carbonyl (C=O) groups excluding carboxylic acids is 4. The van der Waals surface area contributed by atoms with Gasteiger partial charge in [-0.25, -0.2) is 0 Å². The minimum atomic E-state index is -1.19. The lowest BCUT2D eigenvalue weighted by Crippen LogP contribution is -2.61. The van der Waals surface area contributed by atoms with Crippen LogP contribution in [0.5, 0.6) is 0 Å². The van der Waals surface area contributed by atoms with Gasteiger partial charge in [-0.2, -0.15) is 0 Å². The summed E-state index contributed by atoms with van der Waals surface area (Å²) in [5, 5.41) is 1.95. The molecule has 0 N–H and O–H groups in total. The largest absolute Gasteiger partial charge is 0.463 e. The molecule has 0 saturated carbocycles. The molecule has 1 aliphatic heterocycles. The maximum Gasteiger partial charge on any atom is 0.303 e. The van der Waals surface area contributed by atoms with Gasteiger partial charge in [0.05, 0.1) is 0 Å². The number of carbonyl (C=O) groups is 4. The van der Waals surface area contributed by atoms with Gasteiger partial charge in [-0.3, -0.25) is 19.2 Å². The number of benzene rings is 2. The maximum atomic E-state index is 12.0. The molecule has 2 aromatic rings. The summed E-state index contributed by atoms with van der Waals surface area (Å²) >= 11 is 1.26. The molecule has 1 heterocycles. The molecule has 0 radical (unpaired) electrons. The molecule has 1 aliphatic rings. The molecule has 0 aromatic heterocycles. The fraction of sp³-hybridized carbons (Fsp3) is 0.417. The van der Waals surface area contributed by atoms with Gasteiger partial charge in [0.25, 0.3) is 0 Å². The average Bonchev–Trinajstić information content (AvgIpc) is 2.75. The van der Waals surface area contributed by atoms with Crippen molar-refractivity contribution < 1.29 is 42.9 Å². The van der Waals surface area contributed by atoms with E-state index in [-0.39, 0.29) is 6.61 Å². The molecule has 0 aliphatic carbocycles. The van der Waals surface area contributed by atoms with Gasteiger partial charge in [0.1, 0.15) is 18.1 Å². The molecule has 10 heteroatoms. The summed E-state index contributed by atoms with van der Waals surface area (Å²) in [6.07, 6.45) is -4.44. The van der Waals surface area contributed by atoms with Crippen LogP contribution >= 0.6 is 11.8 Å². The minimum absolute atomic E-state index is 0.259. The number of rotatable bonds is 7. The molecule has 182 valence electrons. The highest BCUT2D eigenvalue weighted by atomic mass is 32.2. The SMILES string of the molecule is CC(=O)OC[C@@H]1O[C@@H](Sc2cccc3ccccc23)[C@@H](OC(C)=O)[C@@H](OC(C)=O)[C@H]1OC(C)=O. The Hall–Kier alpha value is -3.11. The van der Waals surface area contributed by atoms with E-state index in [4.69, 9.17) is 23.7 Å². The molecule has 9 nitrogen and oxygen atoms in total. The lowest BCUT2D eigenvalue weighted by molar-refractivity contribution is -0.237. The highest BCUT2D eigenvalue weighted by Crippen LogP contribution is 2.39. The van der Waals surface area contributed by atoms with E-state index in [0.29, 0.717) is 0 Å². The van der Waals surface area contributed by atoms with E-state index >= 15 is 0 Å². The predicted octanol–water partition coefficient (Wildman–Crippen LogP) is 3.02. The summed E-state index contributed by atoms with van der Waals surface area (Å²) in [6.45, 7) is 4.57. The summed E-state index contributed by atoms with van der Waals surface area (Å²) in [5.74, 6) is -2.52. The van der Waals surface area contributed by atoms with Crippen LogP contribution in [0.1, 0.15) is 27.7 Å². The Morgan fingerprint density at radius 2 is 1.35 bits per heavy atom. The first kappa shape index (κ1) is 25.5. The van der Waals surface area contributed by atoms with E-state index in [9.17, 15) is 19.2 Å². The Balaban J connectivity index is 2.03. The molecule has 3 rings (SSSR count). The van der Waals surface area contributed by atoms with Gasteiger partial charge < -0.3 is 23.7 Å². The monoisotopic (exact) mass is 490 g/mol. The van der Waals surface area contributed by atoms with Crippen LogP contribution in [0.25, 0.3) is 10.8 Å². The van der Waals surface area contributed by atoms with Crippen molar-refractivity contribution in [3.63, 3.8) is 0 Å². The van der Waals surface area contributed by atoms with Gasteiger partial charge >= 0.3 is 23.9 Å². The van der Waals surface area contributed by atoms with Crippen molar-refractivity contribution in [2.24, 2.45) is 0 Å². The number of esters is 4. The lowest BCUT2D eigenvalue weighted by atomic mass is 9.99. The summed E-state index contributed by atoms with van der Waals surface area (Å²) in [6, 6.07) is 13.5. The molecule has 0 amide bonds. The number of hydrogen-bond donors (Lipinski definition) is 0. The standard InChI is InChI=1S/C24H26O9S/c1-13(25)29-12-19-21(30-14(2)26)22(31-15(3)27)23(32-16(4)28)24(33-19)34-20-11-7-9-17-8-5-6-10-18(17)20/h5-11,19,21-24H,12H2,1-4H3/t19-,21-,22-,23-,24-/m0/s1. The van der Waals surface area contributed by atoms with Crippen molar-refractivity contribution in [1.29, 1.82) is 0 Å². The molecule has 2 aromatic carbocycles. The Morgan fingerprint density at radius 3 is 2.00 bits per heavy atom. The van der Waals surface area contributed by atoms with Crippen molar-refractivity contribution in [3.8, 4) is 0 Å². The van der Waals surface area contributed by atoms with Gasteiger partial charge in [0.2, 0.25) is 0 Å². The third-order valence-electron chi connectivity index (χ3n) is 4.94. The van der Waals surface area contributed by atoms with E-state index in [1.807, 2.05) is 42.5 Å². The molecular weight excluding hydrogens is 464 g/mol. The van der Waals surface area contributed by atoms with Gasteiger partial charge in [-0.15, -0.1) is 0 Å². The summed E-state index contributed by atoms with van der Waals surface area (Å²) in [4.78, 5) is 48.1. The van der Waals surface area contributed by atoms with E-state index < -0.39 is 53.7 Å². The molecule has 1 fully saturated rings. The van der Waals surface area contributed by atoms with Gasteiger partial charge in [-0.05, 0) is 16.8 Å². The first-order valence-corrected chi connectivity index (χ1v) is 11.5. The number of fused-ring (bicyclic) bond motifs is 1. The fourth-order valence-corrected chi connectivity index (χ4v) is 4.97. The second-order valence-corrected chi connectivity index (χ2v) is 8.80. The third-order valence-corrected chi connectivity index (χ3v) is 6.16. The van der Waals surface area contributed by atoms with Crippen molar-refractivity contribution in [2.45, 2.75) is 62.4 Å². The van der Waals surface area contributed by atoms with E-state index in [0.717, 1.165) is 15.7 Å². The molecule has 34 heavy (non-hydrogen) atoms. The van der Waals surface area contributed by atoms with Crippen LogP contribution in [0.15, 0.2) is 47.4 Å². The first-order valence-electron chi connectivity index (χ1n) is 10.6.